The van der Waals surface area contributed by atoms with Crippen molar-refractivity contribution in [3.63, 3.8) is 0 Å². The van der Waals surface area contributed by atoms with E-state index in [0.717, 1.165) is 32.5 Å². The minimum absolute atomic E-state index is 0.151. The predicted molar refractivity (Wildman–Crippen MR) is 92.2 cm³/mol. The minimum Gasteiger partial charge on any atom is -0.444 e. The predicted octanol–water partition coefficient (Wildman–Crippen LogP) is 4.34. The van der Waals surface area contributed by atoms with Gasteiger partial charge in [-0.15, -0.1) is 0 Å². The average Bonchev–Trinajstić information content (AvgIpc) is 2.45. The zero-order valence-electron chi connectivity index (χ0n) is 15.1. The van der Waals surface area contributed by atoms with Gasteiger partial charge in [0.25, 0.3) is 0 Å². The number of amides is 1. The standard InChI is InChI=1S/C18H36N2O2/c1-5-6-7-8-10-13-19-15-16-12-9-11-14-20(16)17(21)22-18(2,3)4/h16,19H,5-15H2,1-4H3. The Labute approximate surface area is 137 Å². The van der Waals surface area contributed by atoms with Crippen LogP contribution in [0.2, 0.25) is 0 Å². The summed E-state index contributed by atoms with van der Waals surface area (Å²) in [5.41, 5.74) is -0.411. The Morgan fingerprint density at radius 3 is 2.59 bits per heavy atom. The van der Waals surface area contributed by atoms with Crippen molar-refractivity contribution in [1.82, 2.24) is 10.2 Å². The van der Waals surface area contributed by atoms with Crippen LogP contribution in [0.1, 0.15) is 79.1 Å². The molecule has 1 aliphatic heterocycles. The van der Waals surface area contributed by atoms with Crippen LogP contribution >= 0.6 is 0 Å². The first-order valence-electron chi connectivity index (χ1n) is 9.14. The largest absolute Gasteiger partial charge is 0.444 e. The smallest absolute Gasteiger partial charge is 0.410 e. The second-order valence-electron chi connectivity index (χ2n) is 7.44. The van der Waals surface area contributed by atoms with Crippen molar-refractivity contribution in [2.75, 3.05) is 19.6 Å². The Balaban J connectivity index is 2.28. The number of carbonyl (C=O) groups is 1. The van der Waals surface area contributed by atoms with E-state index in [2.05, 4.69) is 12.2 Å². The van der Waals surface area contributed by atoms with Gasteiger partial charge in [0.05, 0.1) is 0 Å². The summed E-state index contributed by atoms with van der Waals surface area (Å²) in [5, 5.41) is 3.53. The van der Waals surface area contributed by atoms with E-state index in [1.807, 2.05) is 25.7 Å². The van der Waals surface area contributed by atoms with Crippen molar-refractivity contribution < 1.29 is 9.53 Å². The highest BCUT2D eigenvalue weighted by atomic mass is 16.6. The molecule has 0 radical (unpaired) electrons. The number of unbranched alkanes of at least 4 members (excludes halogenated alkanes) is 4. The van der Waals surface area contributed by atoms with Crippen molar-refractivity contribution >= 4 is 6.09 Å². The van der Waals surface area contributed by atoms with E-state index in [-0.39, 0.29) is 6.09 Å². The van der Waals surface area contributed by atoms with Crippen molar-refractivity contribution in [3.05, 3.63) is 0 Å². The maximum Gasteiger partial charge on any atom is 0.410 e. The molecular weight excluding hydrogens is 276 g/mol. The summed E-state index contributed by atoms with van der Waals surface area (Å²) in [6.45, 7) is 10.8. The van der Waals surface area contributed by atoms with Crippen LogP contribution in [0.25, 0.3) is 0 Å². The number of rotatable bonds is 8. The van der Waals surface area contributed by atoms with E-state index in [9.17, 15) is 4.79 Å². The highest BCUT2D eigenvalue weighted by Gasteiger charge is 2.29. The van der Waals surface area contributed by atoms with Gasteiger partial charge in [0.2, 0.25) is 0 Å². The zero-order valence-corrected chi connectivity index (χ0v) is 15.1. The van der Waals surface area contributed by atoms with Crippen LogP contribution in [0.4, 0.5) is 4.79 Å². The third-order valence-electron chi connectivity index (χ3n) is 4.09. The van der Waals surface area contributed by atoms with E-state index in [0.29, 0.717) is 6.04 Å². The number of piperidine rings is 1. The van der Waals surface area contributed by atoms with Gasteiger partial charge in [-0.25, -0.2) is 4.79 Å². The van der Waals surface area contributed by atoms with Crippen molar-refractivity contribution in [1.29, 1.82) is 0 Å². The van der Waals surface area contributed by atoms with Crippen LogP contribution in [-0.4, -0.2) is 42.3 Å². The summed E-state index contributed by atoms with van der Waals surface area (Å²) in [5.74, 6) is 0. The average molecular weight is 312 g/mol. The lowest BCUT2D eigenvalue weighted by Gasteiger charge is -2.37. The van der Waals surface area contributed by atoms with Crippen LogP contribution in [0.3, 0.4) is 0 Å². The molecule has 0 aromatic carbocycles. The molecule has 1 saturated heterocycles. The fourth-order valence-electron chi connectivity index (χ4n) is 2.90. The van der Waals surface area contributed by atoms with Crippen molar-refractivity contribution in [2.24, 2.45) is 0 Å². The SMILES string of the molecule is CCCCCCCNCC1CCCCN1C(=O)OC(C)(C)C. The number of ether oxygens (including phenoxy) is 1. The van der Waals surface area contributed by atoms with E-state index in [1.54, 1.807) is 0 Å². The lowest BCUT2D eigenvalue weighted by molar-refractivity contribution is 0.00997. The molecule has 0 saturated carbocycles. The molecule has 4 heteroatoms. The Kier molecular flexibility index (Phi) is 8.84. The van der Waals surface area contributed by atoms with Crippen LogP contribution < -0.4 is 5.32 Å². The van der Waals surface area contributed by atoms with E-state index in [4.69, 9.17) is 4.74 Å². The van der Waals surface area contributed by atoms with E-state index >= 15 is 0 Å². The number of nitrogens with zero attached hydrogens (tertiary/aromatic N) is 1. The van der Waals surface area contributed by atoms with Crippen molar-refractivity contribution in [2.45, 2.75) is 90.7 Å². The summed E-state index contributed by atoms with van der Waals surface area (Å²) < 4.78 is 5.54. The summed E-state index contributed by atoms with van der Waals surface area (Å²) in [6.07, 6.45) is 9.75. The minimum atomic E-state index is -0.411. The Bertz CT molecular complexity index is 313. The van der Waals surface area contributed by atoms with Crippen LogP contribution in [0.15, 0.2) is 0 Å². The Morgan fingerprint density at radius 2 is 1.91 bits per heavy atom. The first-order valence-corrected chi connectivity index (χ1v) is 9.14. The first-order chi connectivity index (χ1) is 10.4. The molecule has 1 rings (SSSR count). The quantitative estimate of drug-likeness (QED) is 0.678. The molecular formula is C18H36N2O2. The van der Waals surface area contributed by atoms with Gasteiger partial charge in [-0.1, -0.05) is 32.6 Å². The topological polar surface area (TPSA) is 41.6 Å². The second kappa shape index (κ2) is 10.1. The normalized spacial score (nSPS) is 19.3. The zero-order chi connectivity index (χ0) is 16.4. The summed E-state index contributed by atoms with van der Waals surface area (Å²) in [6, 6.07) is 0.291. The van der Waals surface area contributed by atoms with E-state index < -0.39 is 5.60 Å². The molecule has 1 amide bonds. The lowest BCUT2D eigenvalue weighted by Crippen LogP contribution is -2.50. The molecule has 1 unspecified atom stereocenters. The molecule has 1 fully saturated rings. The molecule has 0 aromatic rings. The summed E-state index contributed by atoms with van der Waals surface area (Å²) in [7, 11) is 0. The molecule has 130 valence electrons. The molecule has 1 N–H and O–H groups in total. The van der Waals surface area contributed by atoms with Gasteiger partial charge in [-0.3, -0.25) is 0 Å². The molecule has 0 bridgehead atoms. The van der Waals surface area contributed by atoms with E-state index in [1.165, 1.54) is 38.5 Å². The Hall–Kier alpha value is -0.770. The highest BCUT2D eigenvalue weighted by Crippen LogP contribution is 2.20. The molecule has 1 heterocycles. The van der Waals surface area contributed by atoms with Gasteiger partial charge in [0.1, 0.15) is 5.60 Å². The van der Waals surface area contributed by atoms with Crippen LogP contribution in [-0.2, 0) is 4.74 Å². The Morgan fingerprint density at radius 1 is 1.18 bits per heavy atom. The molecule has 1 atom stereocenters. The van der Waals surface area contributed by atoms with Gasteiger partial charge < -0.3 is 15.0 Å². The third kappa shape index (κ3) is 8.02. The van der Waals surface area contributed by atoms with Gasteiger partial charge >= 0.3 is 6.09 Å². The maximum absolute atomic E-state index is 12.3. The number of carbonyl (C=O) groups excluding carboxylic acids is 1. The molecule has 22 heavy (non-hydrogen) atoms. The molecule has 1 aliphatic rings. The summed E-state index contributed by atoms with van der Waals surface area (Å²) in [4.78, 5) is 14.2. The number of hydrogen-bond donors (Lipinski definition) is 1. The van der Waals surface area contributed by atoms with Gasteiger partial charge in [0, 0.05) is 19.1 Å². The van der Waals surface area contributed by atoms with Crippen LogP contribution in [0.5, 0.6) is 0 Å². The molecule has 0 aliphatic carbocycles. The third-order valence-corrected chi connectivity index (χ3v) is 4.09. The highest BCUT2D eigenvalue weighted by molar-refractivity contribution is 5.68. The van der Waals surface area contributed by atoms with Gasteiger partial charge in [0.15, 0.2) is 0 Å². The molecule has 4 nitrogen and oxygen atoms in total. The van der Waals surface area contributed by atoms with Gasteiger partial charge in [-0.05, 0) is 53.0 Å². The van der Waals surface area contributed by atoms with Gasteiger partial charge in [-0.2, -0.15) is 0 Å². The first kappa shape index (κ1) is 19.3. The molecule has 0 spiro atoms. The fraction of sp³-hybridized carbons (Fsp3) is 0.944. The number of hydrogen-bond acceptors (Lipinski definition) is 3. The number of nitrogens with one attached hydrogen (secondary N) is 1. The summed E-state index contributed by atoms with van der Waals surface area (Å²) >= 11 is 0. The molecule has 0 aromatic heterocycles. The monoisotopic (exact) mass is 312 g/mol. The van der Waals surface area contributed by atoms with Crippen LogP contribution in [0, 0.1) is 0 Å². The number of likely N-dealkylation sites (tertiary alicyclic amines) is 1. The lowest BCUT2D eigenvalue weighted by atomic mass is 10.0. The fourth-order valence-corrected chi connectivity index (χ4v) is 2.90. The maximum atomic E-state index is 12.3. The second-order valence-corrected chi connectivity index (χ2v) is 7.44. The van der Waals surface area contributed by atoms with Crippen molar-refractivity contribution in [3.8, 4) is 0 Å².